The number of para-hydroxylation sites is 2. The summed E-state index contributed by atoms with van der Waals surface area (Å²) in [6.45, 7) is 4.00. The predicted octanol–water partition coefficient (Wildman–Crippen LogP) is 4.16. The van der Waals surface area contributed by atoms with Gasteiger partial charge in [-0.1, -0.05) is 12.1 Å². The van der Waals surface area contributed by atoms with Gasteiger partial charge in [-0.15, -0.1) is 0 Å². The molecule has 0 saturated carbocycles. The van der Waals surface area contributed by atoms with Gasteiger partial charge in [-0.3, -0.25) is 9.97 Å². The van der Waals surface area contributed by atoms with Crippen LogP contribution in [0.5, 0.6) is 5.75 Å². The molecule has 0 bridgehead atoms. The van der Waals surface area contributed by atoms with Gasteiger partial charge in [0, 0.05) is 18.5 Å². The summed E-state index contributed by atoms with van der Waals surface area (Å²) in [5, 5.41) is 3.09. The van der Waals surface area contributed by atoms with Crippen LogP contribution < -0.4 is 10.1 Å². The van der Waals surface area contributed by atoms with Crippen molar-refractivity contribution in [2.45, 2.75) is 20.0 Å². The SMILES string of the molecule is CC(C)Oc1ccc2nccnc2c1.c1ccc2c(c1)N2. The van der Waals surface area contributed by atoms with E-state index in [9.17, 15) is 0 Å². The number of anilines is 2. The third-order valence-corrected chi connectivity index (χ3v) is 2.95. The van der Waals surface area contributed by atoms with Crippen LogP contribution in [0.1, 0.15) is 13.8 Å². The first-order valence-electron chi connectivity index (χ1n) is 6.96. The van der Waals surface area contributed by atoms with Gasteiger partial charge in [0.05, 0.1) is 28.5 Å². The molecular formula is C17H17N3O. The molecule has 0 spiro atoms. The zero-order valence-corrected chi connectivity index (χ0v) is 12.1. The van der Waals surface area contributed by atoms with E-state index in [0.29, 0.717) is 0 Å². The zero-order chi connectivity index (χ0) is 14.7. The second kappa shape index (κ2) is 5.79. The topological polar surface area (TPSA) is 57.0 Å². The maximum absolute atomic E-state index is 5.55. The van der Waals surface area contributed by atoms with Gasteiger partial charge in [0.15, 0.2) is 0 Å². The smallest absolute Gasteiger partial charge is 0.121 e. The third-order valence-electron chi connectivity index (χ3n) is 2.95. The van der Waals surface area contributed by atoms with Crippen molar-refractivity contribution in [2.24, 2.45) is 0 Å². The lowest BCUT2D eigenvalue weighted by Crippen LogP contribution is -2.05. The summed E-state index contributed by atoms with van der Waals surface area (Å²) in [6.07, 6.45) is 3.55. The number of nitrogens with one attached hydrogen (secondary N) is 1. The minimum Gasteiger partial charge on any atom is -0.491 e. The lowest BCUT2D eigenvalue weighted by atomic mass is 10.3. The molecule has 1 N–H and O–H groups in total. The highest BCUT2D eigenvalue weighted by molar-refractivity contribution is 5.89. The number of rotatable bonds is 2. The molecule has 21 heavy (non-hydrogen) atoms. The molecule has 106 valence electrons. The molecule has 4 nitrogen and oxygen atoms in total. The highest BCUT2D eigenvalue weighted by atomic mass is 16.5. The third kappa shape index (κ3) is 3.48. The molecule has 2 aromatic carbocycles. The van der Waals surface area contributed by atoms with E-state index in [1.54, 1.807) is 12.4 Å². The molecule has 1 aromatic heterocycles. The fourth-order valence-corrected chi connectivity index (χ4v) is 1.97. The van der Waals surface area contributed by atoms with Crippen LogP contribution in [0.25, 0.3) is 11.0 Å². The van der Waals surface area contributed by atoms with E-state index in [0.717, 1.165) is 16.8 Å². The summed E-state index contributed by atoms with van der Waals surface area (Å²) in [6, 6.07) is 13.9. The number of nitrogens with zero attached hydrogens (tertiary/aromatic N) is 2. The fraction of sp³-hybridized carbons (Fsp3) is 0.176. The highest BCUT2D eigenvalue weighted by Gasteiger charge is 2.10. The fourth-order valence-electron chi connectivity index (χ4n) is 1.97. The molecule has 0 atom stereocenters. The molecule has 0 aliphatic carbocycles. The Morgan fingerprint density at radius 1 is 0.905 bits per heavy atom. The molecular weight excluding hydrogens is 262 g/mol. The van der Waals surface area contributed by atoms with Gasteiger partial charge in [-0.25, -0.2) is 0 Å². The van der Waals surface area contributed by atoms with E-state index in [2.05, 4.69) is 27.4 Å². The Hall–Kier alpha value is -2.62. The average molecular weight is 279 g/mol. The van der Waals surface area contributed by atoms with Crippen molar-refractivity contribution in [3.8, 4) is 5.75 Å². The van der Waals surface area contributed by atoms with E-state index in [1.165, 1.54) is 11.4 Å². The summed E-state index contributed by atoms with van der Waals surface area (Å²) >= 11 is 0. The summed E-state index contributed by atoms with van der Waals surface area (Å²) in [7, 11) is 0. The van der Waals surface area contributed by atoms with E-state index >= 15 is 0 Å². The van der Waals surface area contributed by atoms with Crippen molar-refractivity contribution in [1.82, 2.24) is 9.97 Å². The molecule has 3 aromatic rings. The minimum absolute atomic E-state index is 0.184. The summed E-state index contributed by atoms with van der Waals surface area (Å²) in [5.41, 5.74) is 4.32. The number of hydrogen-bond donors (Lipinski definition) is 1. The van der Waals surface area contributed by atoms with Gasteiger partial charge in [0.25, 0.3) is 0 Å². The Labute approximate surface area is 123 Å². The average Bonchev–Trinajstić information content (AvgIpc) is 3.26. The number of benzene rings is 2. The summed E-state index contributed by atoms with van der Waals surface area (Å²) in [5.74, 6) is 0.841. The van der Waals surface area contributed by atoms with Crippen molar-refractivity contribution in [2.75, 3.05) is 5.32 Å². The maximum Gasteiger partial charge on any atom is 0.121 e. The van der Waals surface area contributed by atoms with Crippen molar-refractivity contribution in [3.63, 3.8) is 0 Å². The maximum atomic E-state index is 5.55. The molecule has 1 aliphatic heterocycles. The van der Waals surface area contributed by atoms with Crippen molar-refractivity contribution in [3.05, 3.63) is 54.9 Å². The van der Waals surface area contributed by atoms with Crippen LogP contribution in [0, 0.1) is 0 Å². The van der Waals surface area contributed by atoms with Crippen LogP contribution in [0.15, 0.2) is 54.9 Å². The Balaban J connectivity index is 0.000000156. The van der Waals surface area contributed by atoms with Gasteiger partial charge in [0.2, 0.25) is 0 Å². The number of fused-ring (bicyclic) bond motifs is 2. The molecule has 0 saturated heterocycles. The van der Waals surface area contributed by atoms with Crippen LogP contribution in [0.2, 0.25) is 0 Å². The lowest BCUT2D eigenvalue weighted by Gasteiger charge is -2.09. The molecule has 0 fully saturated rings. The summed E-state index contributed by atoms with van der Waals surface area (Å²) in [4.78, 5) is 8.39. The van der Waals surface area contributed by atoms with Gasteiger partial charge in [0.1, 0.15) is 5.75 Å². The van der Waals surface area contributed by atoms with Crippen LogP contribution in [-0.4, -0.2) is 16.1 Å². The van der Waals surface area contributed by atoms with Crippen molar-refractivity contribution in [1.29, 1.82) is 0 Å². The number of ether oxygens (including phenoxy) is 1. The molecule has 4 heteroatoms. The normalized spacial score (nSPS) is 11.2. The Bertz CT molecular complexity index is 735. The first-order valence-corrected chi connectivity index (χ1v) is 6.96. The van der Waals surface area contributed by atoms with Gasteiger partial charge < -0.3 is 10.1 Å². The van der Waals surface area contributed by atoms with Crippen LogP contribution in [0.3, 0.4) is 0 Å². The second-order valence-electron chi connectivity index (χ2n) is 5.04. The van der Waals surface area contributed by atoms with E-state index in [4.69, 9.17) is 4.74 Å². The highest BCUT2D eigenvalue weighted by Crippen LogP contribution is 2.36. The standard InChI is InChI=1S/C11H12N2O.C6H5N/c1-8(2)14-9-3-4-10-11(7-9)13-6-5-12-10;1-2-4-6-5(3-1)7-6/h3-8H,1-2H3;1-4,7H. The largest absolute Gasteiger partial charge is 0.491 e. The van der Waals surface area contributed by atoms with E-state index in [1.807, 2.05) is 44.2 Å². The minimum atomic E-state index is 0.184. The predicted molar refractivity (Wildman–Crippen MR) is 85.0 cm³/mol. The molecule has 0 radical (unpaired) electrons. The van der Waals surface area contributed by atoms with Crippen LogP contribution in [0.4, 0.5) is 11.4 Å². The quantitative estimate of drug-likeness (QED) is 0.560. The van der Waals surface area contributed by atoms with Crippen LogP contribution in [-0.2, 0) is 0 Å². The zero-order valence-electron chi connectivity index (χ0n) is 12.1. The monoisotopic (exact) mass is 279 g/mol. The van der Waals surface area contributed by atoms with Crippen molar-refractivity contribution < 1.29 is 4.74 Å². The molecule has 4 rings (SSSR count). The van der Waals surface area contributed by atoms with Gasteiger partial charge in [-0.05, 0) is 38.1 Å². The van der Waals surface area contributed by atoms with Crippen LogP contribution >= 0.6 is 0 Å². The first kappa shape index (κ1) is 13.4. The molecule has 0 amide bonds. The van der Waals surface area contributed by atoms with Gasteiger partial charge in [-0.2, -0.15) is 0 Å². The second-order valence-corrected chi connectivity index (χ2v) is 5.04. The summed E-state index contributed by atoms with van der Waals surface area (Å²) < 4.78 is 5.55. The van der Waals surface area contributed by atoms with Crippen molar-refractivity contribution >= 4 is 22.4 Å². The lowest BCUT2D eigenvalue weighted by molar-refractivity contribution is 0.242. The molecule has 2 heterocycles. The van der Waals surface area contributed by atoms with E-state index in [-0.39, 0.29) is 6.10 Å². The Morgan fingerprint density at radius 2 is 1.57 bits per heavy atom. The first-order chi connectivity index (χ1) is 10.2. The molecule has 0 unspecified atom stereocenters. The molecule has 1 aliphatic rings. The Kier molecular flexibility index (Phi) is 3.69. The Morgan fingerprint density at radius 3 is 2.19 bits per heavy atom. The number of aromatic nitrogens is 2. The van der Waals surface area contributed by atoms with E-state index < -0.39 is 0 Å². The number of hydrogen-bond acceptors (Lipinski definition) is 4. The van der Waals surface area contributed by atoms with Gasteiger partial charge >= 0.3 is 0 Å².